The molecule has 0 radical (unpaired) electrons. The summed E-state index contributed by atoms with van der Waals surface area (Å²) in [6, 6.07) is 8.41. The summed E-state index contributed by atoms with van der Waals surface area (Å²) in [6.07, 6.45) is 2.31. The monoisotopic (exact) mass is 245 g/mol. The topological polar surface area (TPSA) is 68.8 Å². The zero-order valence-corrected chi connectivity index (χ0v) is 10.8. The summed E-state index contributed by atoms with van der Waals surface area (Å²) >= 11 is 0. The maximum absolute atomic E-state index is 5.64. The number of hydrazine groups is 1. The van der Waals surface area contributed by atoms with Crippen LogP contribution in [0.4, 0.5) is 0 Å². The van der Waals surface area contributed by atoms with Gasteiger partial charge in [-0.15, -0.1) is 0 Å². The molecular formula is C13H19N5. The molecule has 0 amide bonds. The quantitative estimate of drug-likeness (QED) is 0.616. The predicted molar refractivity (Wildman–Crippen MR) is 70.6 cm³/mol. The number of nitrogens with one attached hydrogen (secondary N) is 1. The van der Waals surface area contributed by atoms with Crippen molar-refractivity contribution < 1.29 is 0 Å². The van der Waals surface area contributed by atoms with Crippen molar-refractivity contribution in [3.63, 3.8) is 0 Å². The van der Waals surface area contributed by atoms with Crippen molar-refractivity contribution in [2.45, 2.75) is 32.9 Å². The SMILES string of the molecule is CCn1ncnc1CC(NN)c1ccc(C)cc1. The molecule has 0 bridgehead atoms. The number of aromatic nitrogens is 3. The highest BCUT2D eigenvalue weighted by Crippen LogP contribution is 2.17. The van der Waals surface area contributed by atoms with Gasteiger partial charge in [-0.05, 0) is 19.4 Å². The molecule has 96 valence electrons. The van der Waals surface area contributed by atoms with E-state index in [1.165, 1.54) is 5.56 Å². The van der Waals surface area contributed by atoms with Crippen LogP contribution < -0.4 is 11.3 Å². The van der Waals surface area contributed by atoms with Crippen molar-refractivity contribution in [1.29, 1.82) is 0 Å². The molecule has 18 heavy (non-hydrogen) atoms. The van der Waals surface area contributed by atoms with Crippen molar-refractivity contribution in [3.05, 3.63) is 47.5 Å². The first-order valence-corrected chi connectivity index (χ1v) is 6.14. The molecule has 2 aromatic rings. The number of nitrogens with two attached hydrogens (primary N) is 1. The number of aryl methyl sites for hydroxylation is 2. The number of nitrogens with zero attached hydrogens (tertiary/aromatic N) is 3. The van der Waals surface area contributed by atoms with E-state index < -0.39 is 0 Å². The summed E-state index contributed by atoms with van der Waals surface area (Å²) in [5, 5.41) is 4.17. The fourth-order valence-electron chi connectivity index (χ4n) is 1.96. The average molecular weight is 245 g/mol. The molecule has 0 aliphatic carbocycles. The minimum Gasteiger partial charge on any atom is -0.271 e. The highest BCUT2D eigenvalue weighted by molar-refractivity contribution is 5.24. The third-order valence-corrected chi connectivity index (χ3v) is 3.06. The van der Waals surface area contributed by atoms with Crippen LogP contribution in [0.15, 0.2) is 30.6 Å². The first-order valence-electron chi connectivity index (χ1n) is 6.14. The van der Waals surface area contributed by atoms with Gasteiger partial charge in [0, 0.05) is 13.0 Å². The summed E-state index contributed by atoms with van der Waals surface area (Å²) < 4.78 is 1.89. The van der Waals surface area contributed by atoms with Crippen molar-refractivity contribution in [2.24, 2.45) is 5.84 Å². The first kappa shape index (κ1) is 12.7. The van der Waals surface area contributed by atoms with E-state index in [4.69, 9.17) is 5.84 Å². The minimum absolute atomic E-state index is 0.0556. The normalized spacial score (nSPS) is 12.6. The van der Waals surface area contributed by atoms with Gasteiger partial charge in [0.05, 0.1) is 6.04 Å². The highest BCUT2D eigenvalue weighted by atomic mass is 15.3. The smallest absolute Gasteiger partial charge is 0.138 e. The van der Waals surface area contributed by atoms with E-state index in [2.05, 4.69) is 53.6 Å². The molecule has 0 spiro atoms. The van der Waals surface area contributed by atoms with Crippen LogP contribution in [0.5, 0.6) is 0 Å². The standard InChI is InChI=1S/C13H19N5/c1-3-18-13(15-9-16-18)8-12(17-14)11-6-4-10(2)5-7-11/h4-7,9,12,17H,3,8,14H2,1-2H3. The molecule has 1 aromatic carbocycles. The lowest BCUT2D eigenvalue weighted by atomic mass is 10.0. The number of benzene rings is 1. The van der Waals surface area contributed by atoms with Crippen LogP contribution in [0.1, 0.15) is 29.9 Å². The van der Waals surface area contributed by atoms with Crippen LogP contribution in [-0.4, -0.2) is 14.8 Å². The van der Waals surface area contributed by atoms with E-state index in [1.54, 1.807) is 6.33 Å². The predicted octanol–water partition coefficient (Wildman–Crippen LogP) is 1.35. The Labute approximate surface area is 107 Å². The maximum Gasteiger partial charge on any atom is 0.138 e. The molecule has 0 saturated heterocycles. The lowest BCUT2D eigenvalue weighted by molar-refractivity contribution is 0.510. The summed E-state index contributed by atoms with van der Waals surface area (Å²) in [4.78, 5) is 4.27. The van der Waals surface area contributed by atoms with Gasteiger partial charge in [0.15, 0.2) is 0 Å². The molecule has 2 rings (SSSR count). The average Bonchev–Trinajstić information content (AvgIpc) is 2.84. The lowest BCUT2D eigenvalue weighted by Crippen LogP contribution is -2.30. The second kappa shape index (κ2) is 5.75. The van der Waals surface area contributed by atoms with Gasteiger partial charge in [-0.2, -0.15) is 5.10 Å². The van der Waals surface area contributed by atoms with E-state index in [-0.39, 0.29) is 6.04 Å². The van der Waals surface area contributed by atoms with Gasteiger partial charge >= 0.3 is 0 Å². The number of hydrogen-bond donors (Lipinski definition) is 2. The Kier molecular flexibility index (Phi) is 4.07. The Hall–Kier alpha value is -1.72. The van der Waals surface area contributed by atoms with E-state index >= 15 is 0 Å². The molecule has 0 aliphatic heterocycles. The van der Waals surface area contributed by atoms with Crippen molar-refractivity contribution in [3.8, 4) is 0 Å². The molecular weight excluding hydrogens is 226 g/mol. The Morgan fingerprint density at radius 3 is 2.67 bits per heavy atom. The molecule has 1 heterocycles. The second-order valence-corrected chi connectivity index (χ2v) is 4.33. The summed E-state index contributed by atoms with van der Waals surface area (Å²) in [5.74, 6) is 6.59. The van der Waals surface area contributed by atoms with Crippen LogP contribution in [0.2, 0.25) is 0 Å². The van der Waals surface area contributed by atoms with Crippen molar-refractivity contribution >= 4 is 0 Å². The van der Waals surface area contributed by atoms with Gasteiger partial charge in [0.2, 0.25) is 0 Å². The molecule has 0 fully saturated rings. The largest absolute Gasteiger partial charge is 0.271 e. The molecule has 0 saturated carbocycles. The lowest BCUT2D eigenvalue weighted by Gasteiger charge is -2.16. The highest BCUT2D eigenvalue weighted by Gasteiger charge is 2.13. The van der Waals surface area contributed by atoms with Crippen LogP contribution in [-0.2, 0) is 13.0 Å². The zero-order valence-electron chi connectivity index (χ0n) is 10.8. The molecule has 5 nitrogen and oxygen atoms in total. The van der Waals surface area contributed by atoms with Crippen LogP contribution >= 0.6 is 0 Å². The van der Waals surface area contributed by atoms with Crippen molar-refractivity contribution in [2.75, 3.05) is 0 Å². The molecule has 1 unspecified atom stereocenters. The van der Waals surface area contributed by atoms with Gasteiger partial charge in [-0.1, -0.05) is 29.8 Å². The fourth-order valence-corrected chi connectivity index (χ4v) is 1.96. The summed E-state index contributed by atoms with van der Waals surface area (Å²) in [7, 11) is 0. The zero-order chi connectivity index (χ0) is 13.0. The van der Waals surface area contributed by atoms with Gasteiger partial charge in [-0.25, -0.2) is 4.98 Å². The van der Waals surface area contributed by atoms with E-state index in [0.29, 0.717) is 0 Å². The third kappa shape index (κ3) is 2.75. The summed E-state index contributed by atoms with van der Waals surface area (Å²) in [6.45, 7) is 4.94. The summed E-state index contributed by atoms with van der Waals surface area (Å²) in [5.41, 5.74) is 5.25. The van der Waals surface area contributed by atoms with Crippen LogP contribution in [0.25, 0.3) is 0 Å². The Morgan fingerprint density at radius 1 is 1.33 bits per heavy atom. The Bertz CT molecular complexity index is 488. The maximum atomic E-state index is 5.64. The van der Waals surface area contributed by atoms with E-state index in [0.717, 1.165) is 24.4 Å². The van der Waals surface area contributed by atoms with Gasteiger partial charge in [-0.3, -0.25) is 16.0 Å². The van der Waals surface area contributed by atoms with Crippen LogP contribution in [0, 0.1) is 6.92 Å². The molecule has 0 aliphatic rings. The van der Waals surface area contributed by atoms with E-state index in [9.17, 15) is 0 Å². The molecule has 3 N–H and O–H groups in total. The molecule has 1 aromatic heterocycles. The van der Waals surface area contributed by atoms with Crippen LogP contribution in [0.3, 0.4) is 0 Å². The second-order valence-electron chi connectivity index (χ2n) is 4.33. The van der Waals surface area contributed by atoms with Gasteiger partial charge in [0.1, 0.15) is 12.2 Å². The third-order valence-electron chi connectivity index (χ3n) is 3.06. The van der Waals surface area contributed by atoms with E-state index in [1.807, 2.05) is 4.68 Å². The number of hydrogen-bond acceptors (Lipinski definition) is 4. The number of rotatable bonds is 5. The Balaban J connectivity index is 2.17. The Morgan fingerprint density at radius 2 is 2.06 bits per heavy atom. The molecule has 5 heteroatoms. The minimum atomic E-state index is 0.0556. The van der Waals surface area contributed by atoms with Crippen molar-refractivity contribution in [1.82, 2.24) is 20.2 Å². The molecule has 1 atom stereocenters. The van der Waals surface area contributed by atoms with Gasteiger partial charge < -0.3 is 0 Å². The first-order chi connectivity index (χ1) is 8.74. The fraction of sp³-hybridized carbons (Fsp3) is 0.385. The van der Waals surface area contributed by atoms with Gasteiger partial charge in [0.25, 0.3) is 0 Å².